The van der Waals surface area contributed by atoms with Gasteiger partial charge in [0, 0.05) is 32.3 Å². The molecule has 6 nitrogen and oxygen atoms in total. The molecular weight excluding hydrogens is 443 g/mol. The second-order valence-electron chi connectivity index (χ2n) is 6.08. The summed E-state index contributed by atoms with van der Waals surface area (Å²) in [7, 11) is 3.53. The van der Waals surface area contributed by atoms with Crippen molar-refractivity contribution in [1.82, 2.24) is 15.5 Å². The largest absolute Gasteiger partial charge is 0.496 e. The van der Waals surface area contributed by atoms with Crippen molar-refractivity contribution in [2.24, 2.45) is 4.99 Å². The molecule has 2 N–H and O–H groups in total. The molecule has 0 amide bonds. The number of likely N-dealkylation sites (tertiary alicyclic amines) is 1. The van der Waals surface area contributed by atoms with Gasteiger partial charge in [-0.1, -0.05) is 18.2 Å². The minimum absolute atomic E-state index is 0. The Morgan fingerprint density at radius 3 is 2.62 bits per heavy atom. The molecule has 1 saturated heterocycles. The van der Waals surface area contributed by atoms with Crippen molar-refractivity contribution < 1.29 is 9.47 Å². The zero-order chi connectivity index (χ0) is 17.9. The highest BCUT2D eigenvalue weighted by atomic mass is 127. The number of benzene rings is 1. The van der Waals surface area contributed by atoms with Gasteiger partial charge in [-0.05, 0) is 38.9 Å². The Kier molecular flexibility index (Phi) is 11.6. The molecule has 0 aliphatic carbocycles. The predicted octanol–water partition coefficient (Wildman–Crippen LogP) is 2.65. The zero-order valence-electron chi connectivity index (χ0n) is 16.2. The summed E-state index contributed by atoms with van der Waals surface area (Å²) in [5, 5.41) is 6.75. The second kappa shape index (κ2) is 13.2. The third-order valence-electron chi connectivity index (χ3n) is 4.51. The van der Waals surface area contributed by atoms with Crippen LogP contribution in [0.15, 0.2) is 29.3 Å². The number of guanidine groups is 1. The van der Waals surface area contributed by atoms with E-state index in [0.29, 0.717) is 6.61 Å². The van der Waals surface area contributed by atoms with Crippen molar-refractivity contribution in [1.29, 1.82) is 0 Å². The maximum atomic E-state index is 5.59. The van der Waals surface area contributed by atoms with Gasteiger partial charge in [-0.2, -0.15) is 0 Å². The Hall–Kier alpha value is -1.06. The van der Waals surface area contributed by atoms with Gasteiger partial charge in [0.05, 0.1) is 19.8 Å². The summed E-state index contributed by atoms with van der Waals surface area (Å²) < 4.78 is 11.0. The van der Waals surface area contributed by atoms with Crippen molar-refractivity contribution in [3.63, 3.8) is 0 Å². The Bertz CT molecular complexity index is 536. The van der Waals surface area contributed by atoms with Crippen LogP contribution in [0, 0.1) is 0 Å². The maximum absolute atomic E-state index is 5.59. The van der Waals surface area contributed by atoms with Crippen LogP contribution in [-0.2, 0) is 4.74 Å². The Balaban J connectivity index is 0.00000338. The molecule has 1 aromatic rings. The number of rotatable bonds is 9. The normalized spacial score (nSPS) is 16.0. The van der Waals surface area contributed by atoms with E-state index in [0.717, 1.165) is 44.5 Å². The van der Waals surface area contributed by atoms with Gasteiger partial charge < -0.3 is 20.1 Å². The van der Waals surface area contributed by atoms with E-state index in [9.17, 15) is 0 Å². The molecule has 0 aromatic heterocycles. The van der Waals surface area contributed by atoms with E-state index in [4.69, 9.17) is 9.47 Å². The standard InChI is InChI=1S/C19H32N4O2.HI/c1-4-25-14-11-21-19(20-2)22-15-17(23-12-7-8-13-23)16-9-5-6-10-18(16)24-3;/h5-6,9-10,17H,4,7-8,11-15H2,1-3H3,(H2,20,21,22);1H. The molecule has 1 atom stereocenters. The van der Waals surface area contributed by atoms with Crippen LogP contribution in [0.3, 0.4) is 0 Å². The molecule has 148 valence electrons. The summed E-state index contributed by atoms with van der Waals surface area (Å²) in [5.74, 6) is 1.75. The number of methoxy groups -OCH3 is 1. The maximum Gasteiger partial charge on any atom is 0.191 e. The monoisotopic (exact) mass is 476 g/mol. The van der Waals surface area contributed by atoms with E-state index in [2.05, 4.69) is 32.7 Å². The van der Waals surface area contributed by atoms with Crippen LogP contribution < -0.4 is 15.4 Å². The molecule has 1 aromatic carbocycles. The molecule has 1 unspecified atom stereocenters. The average Bonchev–Trinajstić information content (AvgIpc) is 3.18. The van der Waals surface area contributed by atoms with Gasteiger partial charge in [-0.25, -0.2) is 0 Å². The fourth-order valence-electron chi connectivity index (χ4n) is 3.23. The van der Waals surface area contributed by atoms with Crippen LogP contribution in [0.4, 0.5) is 0 Å². The third kappa shape index (κ3) is 6.92. The summed E-state index contributed by atoms with van der Waals surface area (Å²) in [6.45, 7) is 7.20. The first kappa shape index (κ1) is 23.0. The third-order valence-corrected chi connectivity index (χ3v) is 4.51. The van der Waals surface area contributed by atoms with E-state index in [-0.39, 0.29) is 30.0 Å². The molecule has 0 radical (unpaired) electrons. The lowest BCUT2D eigenvalue weighted by atomic mass is 10.0. The lowest BCUT2D eigenvalue weighted by Crippen LogP contribution is -2.43. The van der Waals surface area contributed by atoms with E-state index in [1.807, 2.05) is 19.1 Å². The number of hydrogen-bond donors (Lipinski definition) is 2. The molecule has 26 heavy (non-hydrogen) atoms. The average molecular weight is 476 g/mol. The number of hydrogen-bond acceptors (Lipinski definition) is 4. The minimum atomic E-state index is 0. The predicted molar refractivity (Wildman–Crippen MR) is 118 cm³/mol. The highest BCUT2D eigenvalue weighted by Gasteiger charge is 2.25. The molecule has 1 heterocycles. The van der Waals surface area contributed by atoms with Crippen molar-refractivity contribution in [3.8, 4) is 5.75 Å². The lowest BCUT2D eigenvalue weighted by Gasteiger charge is -2.30. The minimum Gasteiger partial charge on any atom is -0.496 e. The van der Waals surface area contributed by atoms with Crippen LogP contribution in [0.1, 0.15) is 31.4 Å². The Morgan fingerprint density at radius 1 is 1.23 bits per heavy atom. The van der Waals surface area contributed by atoms with Crippen LogP contribution >= 0.6 is 24.0 Å². The van der Waals surface area contributed by atoms with Gasteiger partial charge in [0.2, 0.25) is 0 Å². The van der Waals surface area contributed by atoms with E-state index >= 15 is 0 Å². The van der Waals surface area contributed by atoms with Crippen molar-refractivity contribution in [2.75, 3.05) is 53.6 Å². The molecule has 0 bridgehead atoms. The topological polar surface area (TPSA) is 58.1 Å². The zero-order valence-corrected chi connectivity index (χ0v) is 18.5. The van der Waals surface area contributed by atoms with Crippen LogP contribution in [0.25, 0.3) is 0 Å². The number of halogens is 1. The molecule has 2 rings (SSSR count). The highest BCUT2D eigenvalue weighted by Crippen LogP contribution is 2.31. The van der Waals surface area contributed by atoms with Gasteiger partial charge in [-0.15, -0.1) is 24.0 Å². The lowest BCUT2D eigenvalue weighted by molar-refractivity contribution is 0.152. The first-order valence-corrected chi connectivity index (χ1v) is 9.19. The number of ether oxygens (including phenoxy) is 2. The smallest absolute Gasteiger partial charge is 0.191 e. The molecule has 0 saturated carbocycles. The van der Waals surface area contributed by atoms with Crippen molar-refractivity contribution in [2.45, 2.75) is 25.8 Å². The number of nitrogens with one attached hydrogen (secondary N) is 2. The van der Waals surface area contributed by atoms with Crippen LogP contribution in [0.2, 0.25) is 0 Å². The summed E-state index contributed by atoms with van der Waals surface area (Å²) in [6, 6.07) is 8.56. The first-order chi connectivity index (χ1) is 12.3. The fourth-order valence-corrected chi connectivity index (χ4v) is 3.23. The first-order valence-electron chi connectivity index (χ1n) is 9.19. The van der Waals surface area contributed by atoms with Crippen LogP contribution in [0.5, 0.6) is 5.75 Å². The van der Waals surface area contributed by atoms with Crippen molar-refractivity contribution >= 4 is 29.9 Å². The second-order valence-corrected chi connectivity index (χ2v) is 6.08. The van der Waals surface area contributed by atoms with Gasteiger partial charge in [0.15, 0.2) is 5.96 Å². The van der Waals surface area contributed by atoms with E-state index in [1.54, 1.807) is 14.2 Å². The molecule has 7 heteroatoms. The molecular formula is C19H33IN4O2. The quantitative estimate of drug-likeness (QED) is 0.249. The van der Waals surface area contributed by atoms with E-state index < -0.39 is 0 Å². The number of nitrogens with zero attached hydrogens (tertiary/aromatic N) is 2. The fraction of sp³-hybridized carbons (Fsp3) is 0.632. The summed E-state index contributed by atoms with van der Waals surface area (Å²) in [4.78, 5) is 6.84. The summed E-state index contributed by atoms with van der Waals surface area (Å²) in [5.41, 5.74) is 1.23. The van der Waals surface area contributed by atoms with Crippen molar-refractivity contribution in [3.05, 3.63) is 29.8 Å². The van der Waals surface area contributed by atoms with E-state index in [1.165, 1.54) is 18.4 Å². The number of aliphatic imine (C=N–C) groups is 1. The van der Waals surface area contributed by atoms with Gasteiger partial charge in [0.1, 0.15) is 5.75 Å². The molecule has 1 aliphatic rings. The number of para-hydroxylation sites is 1. The van der Waals surface area contributed by atoms with Gasteiger partial charge in [0.25, 0.3) is 0 Å². The summed E-state index contributed by atoms with van der Waals surface area (Å²) >= 11 is 0. The molecule has 1 fully saturated rings. The Morgan fingerprint density at radius 2 is 1.96 bits per heavy atom. The van der Waals surface area contributed by atoms with Gasteiger partial charge in [-0.3, -0.25) is 9.89 Å². The SMILES string of the molecule is CCOCCNC(=NC)NCC(c1ccccc1OC)N1CCCC1.I. The molecule has 1 aliphatic heterocycles. The Labute approximate surface area is 174 Å². The highest BCUT2D eigenvalue weighted by molar-refractivity contribution is 14.0. The molecule has 0 spiro atoms. The summed E-state index contributed by atoms with van der Waals surface area (Å²) in [6.07, 6.45) is 2.51. The van der Waals surface area contributed by atoms with Gasteiger partial charge >= 0.3 is 0 Å². The van der Waals surface area contributed by atoms with Crippen LogP contribution in [-0.4, -0.2) is 64.4 Å².